The third-order valence-electron chi connectivity index (χ3n) is 4.21. The van der Waals surface area contributed by atoms with E-state index >= 15 is 0 Å². The minimum absolute atomic E-state index is 0.176. The van der Waals surface area contributed by atoms with Crippen molar-refractivity contribution in [3.63, 3.8) is 0 Å². The molecule has 1 N–H and O–H groups in total. The van der Waals surface area contributed by atoms with E-state index in [0.717, 1.165) is 26.2 Å². The minimum Gasteiger partial charge on any atom is -0.388 e. The summed E-state index contributed by atoms with van der Waals surface area (Å²) in [6.45, 7) is 5.42. The quantitative estimate of drug-likeness (QED) is 0.453. The normalized spacial score (nSPS) is 15.9. The van der Waals surface area contributed by atoms with Crippen LogP contribution in [0, 0.1) is 11.3 Å². The van der Waals surface area contributed by atoms with Crippen LogP contribution in [-0.2, 0) is 11.3 Å². The first-order valence-electron chi connectivity index (χ1n) is 8.64. The Morgan fingerprint density at radius 3 is 2.52 bits per heavy atom. The highest BCUT2D eigenvalue weighted by molar-refractivity contribution is 5.97. The zero-order valence-corrected chi connectivity index (χ0v) is 15.1. The van der Waals surface area contributed by atoms with Crippen molar-refractivity contribution < 1.29 is 4.79 Å². The molecule has 0 unspecified atom stereocenters. The van der Waals surface area contributed by atoms with Gasteiger partial charge in [-0.05, 0) is 19.7 Å². The van der Waals surface area contributed by atoms with Crippen molar-refractivity contribution in [3.8, 4) is 6.07 Å². The first-order valence-corrected chi connectivity index (χ1v) is 8.64. The number of amides is 1. The Hall–Kier alpha value is -2.36. The smallest absolute Gasteiger partial charge is 0.266 e. The lowest BCUT2D eigenvalue weighted by molar-refractivity contribution is -0.128. The van der Waals surface area contributed by atoms with Crippen LogP contribution in [0.15, 0.2) is 42.1 Å². The third-order valence-corrected chi connectivity index (χ3v) is 4.21. The summed E-state index contributed by atoms with van der Waals surface area (Å²) in [4.78, 5) is 18.6. The third kappa shape index (κ3) is 6.22. The molecule has 25 heavy (non-hydrogen) atoms. The average molecular weight is 341 g/mol. The molecular weight excluding hydrogens is 314 g/mol. The molecular formula is C19H27N5O. The molecule has 0 bridgehead atoms. The Kier molecular flexibility index (Phi) is 7.45. The van der Waals surface area contributed by atoms with E-state index in [1.165, 1.54) is 5.56 Å². The summed E-state index contributed by atoms with van der Waals surface area (Å²) in [5.41, 5.74) is 1.46. The molecule has 1 fully saturated rings. The zero-order valence-electron chi connectivity index (χ0n) is 15.1. The van der Waals surface area contributed by atoms with Gasteiger partial charge in [-0.3, -0.25) is 9.69 Å². The molecule has 2 rings (SSSR count). The van der Waals surface area contributed by atoms with Gasteiger partial charge in [0.25, 0.3) is 5.91 Å². The summed E-state index contributed by atoms with van der Waals surface area (Å²) >= 11 is 0. The number of carbonyl (C=O) groups excluding carboxylic acids is 1. The van der Waals surface area contributed by atoms with E-state index in [1.54, 1.807) is 11.1 Å². The van der Waals surface area contributed by atoms with Crippen LogP contribution in [0.4, 0.5) is 0 Å². The molecule has 1 aliphatic rings. The lowest BCUT2D eigenvalue weighted by atomic mass is 10.2. The highest BCUT2D eigenvalue weighted by Crippen LogP contribution is 2.10. The fourth-order valence-electron chi connectivity index (χ4n) is 2.73. The molecule has 1 saturated heterocycles. The molecule has 0 aromatic heterocycles. The van der Waals surface area contributed by atoms with Gasteiger partial charge >= 0.3 is 0 Å². The molecule has 1 aromatic carbocycles. The number of hydrogen-bond acceptors (Lipinski definition) is 5. The molecule has 134 valence electrons. The number of nitriles is 1. The predicted octanol–water partition coefficient (Wildman–Crippen LogP) is 0.889. The number of carbonyl (C=O) groups is 1. The summed E-state index contributed by atoms with van der Waals surface area (Å²) in [7, 11) is 3.97. The van der Waals surface area contributed by atoms with Crippen LogP contribution in [-0.4, -0.2) is 74.0 Å². The Morgan fingerprint density at radius 1 is 1.24 bits per heavy atom. The maximum Gasteiger partial charge on any atom is 0.266 e. The maximum atomic E-state index is 12.5. The number of hydrogen-bond donors (Lipinski definition) is 1. The summed E-state index contributed by atoms with van der Waals surface area (Å²) in [6, 6.07) is 12.4. The molecule has 1 heterocycles. The van der Waals surface area contributed by atoms with Gasteiger partial charge in [0.2, 0.25) is 0 Å². The van der Waals surface area contributed by atoms with E-state index in [4.69, 9.17) is 0 Å². The van der Waals surface area contributed by atoms with Gasteiger partial charge in [0.1, 0.15) is 11.6 Å². The second kappa shape index (κ2) is 9.82. The van der Waals surface area contributed by atoms with Crippen LogP contribution in [0.25, 0.3) is 0 Å². The molecule has 1 amide bonds. The van der Waals surface area contributed by atoms with Crippen molar-refractivity contribution in [1.82, 2.24) is 20.0 Å². The molecule has 0 atom stereocenters. The number of nitrogens with zero attached hydrogens (tertiary/aromatic N) is 4. The Bertz CT molecular complexity index is 612. The van der Waals surface area contributed by atoms with E-state index in [9.17, 15) is 10.1 Å². The van der Waals surface area contributed by atoms with Gasteiger partial charge in [0.05, 0.1) is 0 Å². The average Bonchev–Trinajstić information content (AvgIpc) is 2.62. The lowest BCUT2D eigenvalue weighted by Crippen LogP contribution is -2.48. The number of piperazine rings is 1. The fraction of sp³-hybridized carbons (Fsp3) is 0.474. The van der Waals surface area contributed by atoms with E-state index in [1.807, 2.05) is 43.3 Å². The maximum absolute atomic E-state index is 12.5. The molecule has 6 nitrogen and oxygen atoms in total. The molecule has 0 radical (unpaired) electrons. The van der Waals surface area contributed by atoms with E-state index in [0.29, 0.717) is 19.6 Å². The summed E-state index contributed by atoms with van der Waals surface area (Å²) < 4.78 is 0. The van der Waals surface area contributed by atoms with E-state index in [-0.39, 0.29) is 11.5 Å². The van der Waals surface area contributed by atoms with E-state index in [2.05, 4.69) is 22.3 Å². The molecule has 1 aliphatic heterocycles. The molecule has 0 saturated carbocycles. The minimum atomic E-state index is -0.181. The van der Waals surface area contributed by atoms with E-state index < -0.39 is 0 Å². The number of likely N-dealkylation sites (N-methyl/N-ethyl adjacent to an activating group) is 1. The van der Waals surface area contributed by atoms with Crippen LogP contribution in [0.5, 0.6) is 0 Å². The standard InChI is InChI=1S/C19H27N5O/c1-22(2)9-8-21-15-18(14-20)19(25)24-12-10-23(11-13-24)16-17-6-4-3-5-7-17/h3-7,15,21H,8-13,16H2,1-2H3/b18-15-. The van der Waals surface area contributed by atoms with Gasteiger partial charge in [-0.1, -0.05) is 30.3 Å². The van der Waals surface area contributed by atoms with Gasteiger partial charge in [-0.15, -0.1) is 0 Å². The highest BCUT2D eigenvalue weighted by atomic mass is 16.2. The number of benzene rings is 1. The summed E-state index contributed by atoms with van der Waals surface area (Å²) in [5.74, 6) is -0.181. The van der Waals surface area contributed by atoms with Crippen molar-refractivity contribution in [3.05, 3.63) is 47.7 Å². The highest BCUT2D eigenvalue weighted by Gasteiger charge is 2.23. The van der Waals surface area contributed by atoms with Gasteiger partial charge < -0.3 is 15.1 Å². The Morgan fingerprint density at radius 2 is 1.92 bits per heavy atom. The van der Waals surface area contributed by atoms with Crippen LogP contribution in [0.1, 0.15) is 5.56 Å². The predicted molar refractivity (Wildman–Crippen MR) is 98.6 cm³/mol. The van der Waals surface area contributed by atoms with Crippen molar-refractivity contribution in [2.45, 2.75) is 6.54 Å². The largest absolute Gasteiger partial charge is 0.388 e. The first kappa shape index (κ1) is 19.0. The first-order chi connectivity index (χ1) is 12.1. The SMILES string of the molecule is CN(C)CCN/C=C(/C#N)C(=O)N1CCN(Cc2ccccc2)CC1. The summed E-state index contributed by atoms with van der Waals surface area (Å²) in [5, 5.41) is 12.3. The van der Waals surface area contributed by atoms with Gasteiger partial charge in [0, 0.05) is 52.0 Å². The Balaban J connectivity index is 1.81. The van der Waals surface area contributed by atoms with Crippen LogP contribution in [0.2, 0.25) is 0 Å². The van der Waals surface area contributed by atoms with Crippen molar-refractivity contribution in [1.29, 1.82) is 5.26 Å². The fourth-order valence-corrected chi connectivity index (χ4v) is 2.73. The van der Waals surface area contributed by atoms with Crippen LogP contribution < -0.4 is 5.32 Å². The molecule has 6 heteroatoms. The second-order valence-electron chi connectivity index (χ2n) is 6.48. The van der Waals surface area contributed by atoms with Crippen LogP contribution >= 0.6 is 0 Å². The van der Waals surface area contributed by atoms with Crippen molar-refractivity contribution >= 4 is 5.91 Å². The van der Waals surface area contributed by atoms with Gasteiger partial charge in [-0.2, -0.15) is 5.26 Å². The van der Waals surface area contributed by atoms with Crippen molar-refractivity contribution in [2.24, 2.45) is 0 Å². The van der Waals surface area contributed by atoms with Gasteiger partial charge in [-0.25, -0.2) is 0 Å². The topological polar surface area (TPSA) is 62.6 Å². The monoisotopic (exact) mass is 341 g/mol. The van der Waals surface area contributed by atoms with Crippen molar-refractivity contribution in [2.75, 3.05) is 53.4 Å². The summed E-state index contributed by atoms with van der Waals surface area (Å²) in [6.07, 6.45) is 1.54. The molecule has 0 aliphatic carbocycles. The lowest BCUT2D eigenvalue weighted by Gasteiger charge is -2.34. The second-order valence-corrected chi connectivity index (χ2v) is 6.48. The number of rotatable bonds is 7. The zero-order chi connectivity index (χ0) is 18.1. The van der Waals surface area contributed by atoms with Gasteiger partial charge in [0.15, 0.2) is 0 Å². The Labute approximate surface area is 150 Å². The molecule has 1 aromatic rings. The number of nitrogens with one attached hydrogen (secondary N) is 1. The molecule has 0 spiro atoms. The van der Waals surface area contributed by atoms with Crippen LogP contribution in [0.3, 0.4) is 0 Å².